The molecule has 0 radical (unpaired) electrons. The van der Waals surface area contributed by atoms with Gasteiger partial charge < -0.3 is 10.3 Å². The number of aryl methyl sites for hydroxylation is 1. The monoisotopic (exact) mass is 294 g/mol. The van der Waals surface area contributed by atoms with E-state index in [2.05, 4.69) is 9.97 Å². The number of primary amides is 1. The maximum absolute atomic E-state index is 11.6. The zero-order valence-corrected chi connectivity index (χ0v) is 12.9. The van der Waals surface area contributed by atoms with E-state index < -0.39 is 5.41 Å². The lowest BCUT2D eigenvalue weighted by atomic mass is 9.92. The predicted molar refractivity (Wildman–Crippen MR) is 79.5 cm³/mol. The van der Waals surface area contributed by atoms with Crippen molar-refractivity contribution in [2.45, 2.75) is 39.6 Å². The van der Waals surface area contributed by atoms with Gasteiger partial charge in [-0.15, -0.1) is 11.6 Å². The first kappa shape index (κ1) is 14.8. The second kappa shape index (κ2) is 5.05. The summed E-state index contributed by atoms with van der Waals surface area (Å²) < 4.78 is 1.89. The van der Waals surface area contributed by atoms with E-state index in [0.717, 1.165) is 16.7 Å². The molecule has 2 rings (SSSR count). The van der Waals surface area contributed by atoms with E-state index in [0.29, 0.717) is 12.4 Å². The Hall–Kier alpha value is -1.62. The lowest BCUT2D eigenvalue weighted by Crippen LogP contribution is -2.35. The van der Waals surface area contributed by atoms with Crippen molar-refractivity contribution < 1.29 is 4.79 Å². The van der Waals surface area contributed by atoms with Crippen molar-refractivity contribution in [1.82, 2.24) is 14.5 Å². The zero-order valence-electron chi connectivity index (χ0n) is 12.1. The summed E-state index contributed by atoms with van der Waals surface area (Å²) in [4.78, 5) is 20.5. The molecule has 20 heavy (non-hydrogen) atoms. The van der Waals surface area contributed by atoms with Crippen molar-refractivity contribution in [3.63, 3.8) is 0 Å². The van der Waals surface area contributed by atoms with Gasteiger partial charge in [0.05, 0.1) is 10.8 Å². The molecule has 2 aromatic rings. The van der Waals surface area contributed by atoms with E-state index in [1.165, 1.54) is 0 Å². The fraction of sp³-hybridized carbons (Fsp3) is 0.500. The minimum absolute atomic E-state index is 0.271. The van der Waals surface area contributed by atoms with Gasteiger partial charge in [-0.2, -0.15) is 0 Å². The second-order valence-electron chi connectivity index (χ2n) is 5.72. The molecule has 5 nitrogen and oxygen atoms in total. The molecule has 1 amide bonds. The first-order valence-corrected chi connectivity index (χ1v) is 6.93. The third kappa shape index (κ3) is 2.50. The number of nitrogens with zero attached hydrogens (tertiary/aromatic N) is 3. The van der Waals surface area contributed by atoms with Crippen molar-refractivity contribution in [3.05, 3.63) is 23.7 Å². The van der Waals surface area contributed by atoms with Gasteiger partial charge in [0.25, 0.3) is 0 Å². The molecule has 2 aromatic heterocycles. The number of aromatic nitrogens is 3. The summed E-state index contributed by atoms with van der Waals surface area (Å²) in [6.45, 7) is 7.84. The number of alkyl halides is 1. The number of carbonyl (C=O) groups is 1. The van der Waals surface area contributed by atoms with Crippen LogP contribution in [0.25, 0.3) is 11.2 Å². The van der Waals surface area contributed by atoms with Gasteiger partial charge in [0.1, 0.15) is 11.3 Å². The zero-order chi connectivity index (χ0) is 15.1. The van der Waals surface area contributed by atoms with Gasteiger partial charge >= 0.3 is 0 Å². The molecule has 0 bridgehead atoms. The van der Waals surface area contributed by atoms with Crippen LogP contribution in [0.1, 0.15) is 37.5 Å². The van der Waals surface area contributed by atoms with Crippen LogP contribution in [0.2, 0.25) is 0 Å². The van der Waals surface area contributed by atoms with E-state index in [1.807, 2.05) is 24.5 Å². The van der Waals surface area contributed by atoms with Gasteiger partial charge in [-0.25, -0.2) is 9.97 Å². The highest BCUT2D eigenvalue weighted by molar-refractivity contribution is 6.20. The number of hydrogen-bond acceptors (Lipinski definition) is 3. The van der Waals surface area contributed by atoms with Crippen LogP contribution in [-0.4, -0.2) is 20.4 Å². The third-order valence-corrected chi connectivity index (χ3v) is 3.64. The fourth-order valence-electron chi connectivity index (χ4n) is 2.09. The number of fused-ring (bicyclic) bond motifs is 1. The molecule has 0 saturated heterocycles. The normalized spacial score (nSPS) is 13.7. The van der Waals surface area contributed by atoms with Gasteiger partial charge in [-0.05, 0) is 39.3 Å². The summed E-state index contributed by atoms with van der Waals surface area (Å²) in [7, 11) is 0. The smallest absolute Gasteiger partial charge is 0.224 e. The number of rotatable bonds is 4. The molecular weight excluding hydrogens is 276 g/mol. The van der Waals surface area contributed by atoms with E-state index >= 15 is 0 Å². The van der Waals surface area contributed by atoms with Crippen molar-refractivity contribution in [2.75, 3.05) is 0 Å². The van der Waals surface area contributed by atoms with Crippen LogP contribution < -0.4 is 5.73 Å². The number of halogens is 1. The van der Waals surface area contributed by atoms with Gasteiger partial charge in [-0.1, -0.05) is 0 Å². The highest BCUT2D eigenvalue weighted by atomic mass is 35.5. The van der Waals surface area contributed by atoms with E-state index in [-0.39, 0.29) is 11.3 Å². The quantitative estimate of drug-likeness (QED) is 0.881. The van der Waals surface area contributed by atoms with Crippen LogP contribution in [0.4, 0.5) is 0 Å². The highest BCUT2D eigenvalue weighted by Gasteiger charge is 2.29. The molecule has 6 heteroatoms. The summed E-state index contributed by atoms with van der Waals surface area (Å²) in [5.41, 5.74) is 7.35. The maximum atomic E-state index is 11.6. The Kier molecular flexibility index (Phi) is 3.73. The molecule has 0 saturated carbocycles. The molecule has 1 unspecified atom stereocenters. The largest absolute Gasteiger partial charge is 0.369 e. The second-order valence-corrected chi connectivity index (χ2v) is 6.38. The molecule has 0 aliphatic heterocycles. The Balaban J connectivity index is 2.64. The Bertz CT molecular complexity index is 660. The SMILES string of the molecule is Cc1ccnc2c1nc(C(C)Cl)n2CC(C)(C)C(N)=O. The summed E-state index contributed by atoms with van der Waals surface area (Å²) in [6.07, 6.45) is 1.73. The molecule has 108 valence electrons. The minimum Gasteiger partial charge on any atom is -0.369 e. The molecule has 0 aliphatic rings. The average Bonchev–Trinajstić information content (AvgIpc) is 2.69. The van der Waals surface area contributed by atoms with Crippen molar-refractivity contribution in [2.24, 2.45) is 11.1 Å². The lowest BCUT2D eigenvalue weighted by molar-refractivity contribution is -0.126. The van der Waals surface area contributed by atoms with Crippen LogP contribution in [0.15, 0.2) is 12.3 Å². The van der Waals surface area contributed by atoms with E-state index in [9.17, 15) is 4.79 Å². The number of carbonyl (C=O) groups excluding carboxylic acids is 1. The predicted octanol–water partition coefficient (Wildman–Crippen LogP) is 2.55. The Morgan fingerprint density at radius 3 is 2.75 bits per heavy atom. The van der Waals surface area contributed by atoms with Crippen LogP contribution in [-0.2, 0) is 11.3 Å². The average molecular weight is 295 g/mol. The molecular formula is C14H19ClN4O. The molecule has 0 aromatic carbocycles. The number of nitrogens with two attached hydrogens (primary N) is 1. The first-order valence-electron chi connectivity index (χ1n) is 6.50. The van der Waals surface area contributed by atoms with Gasteiger partial charge in [-0.3, -0.25) is 4.79 Å². The van der Waals surface area contributed by atoms with E-state index in [1.54, 1.807) is 20.0 Å². The standard InChI is InChI=1S/C14H19ClN4O/c1-8-5-6-17-12-10(8)18-11(9(2)15)19(12)7-14(3,4)13(16)20/h5-6,9H,7H2,1-4H3,(H2,16,20). The van der Waals surface area contributed by atoms with Crippen molar-refractivity contribution in [3.8, 4) is 0 Å². The summed E-state index contributed by atoms with van der Waals surface area (Å²) in [5.74, 6) is 0.345. The first-order chi connectivity index (χ1) is 9.24. The van der Waals surface area contributed by atoms with Crippen LogP contribution >= 0.6 is 11.6 Å². The number of hydrogen-bond donors (Lipinski definition) is 1. The summed E-state index contributed by atoms with van der Waals surface area (Å²) in [6, 6.07) is 1.90. The van der Waals surface area contributed by atoms with Crippen molar-refractivity contribution >= 4 is 28.7 Å². The number of imidazole rings is 1. The highest BCUT2D eigenvalue weighted by Crippen LogP contribution is 2.28. The van der Waals surface area contributed by atoms with Crippen molar-refractivity contribution in [1.29, 1.82) is 0 Å². The van der Waals surface area contributed by atoms with Gasteiger partial charge in [0.15, 0.2) is 5.65 Å². The summed E-state index contributed by atoms with van der Waals surface area (Å²) in [5, 5.41) is -0.271. The molecule has 1 atom stereocenters. The summed E-state index contributed by atoms with van der Waals surface area (Å²) >= 11 is 6.21. The van der Waals surface area contributed by atoms with Crippen LogP contribution in [0.3, 0.4) is 0 Å². The van der Waals surface area contributed by atoms with Gasteiger partial charge in [0, 0.05) is 12.7 Å². The molecule has 0 aliphatic carbocycles. The topological polar surface area (TPSA) is 73.8 Å². The molecule has 0 fully saturated rings. The van der Waals surface area contributed by atoms with E-state index in [4.69, 9.17) is 17.3 Å². The Labute approximate surface area is 123 Å². The Morgan fingerprint density at radius 1 is 1.55 bits per heavy atom. The van der Waals surface area contributed by atoms with Gasteiger partial charge in [0.2, 0.25) is 5.91 Å². The molecule has 2 heterocycles. The maximum Gasteiger partial charge on any atom is 0.224 e. The number of pyridine rings is 1. The Morgan fingerprint density at radius 2 is 2.20 bits per heavy atom. The van der Waals surface area contributed by atoms with Crippen LogP contribution in [0, 0.1) is 12.3 Å². The third-order valence-electron chi connectivity index (χ3n) is 3.44. The molecule has 0 spiro atoms. The lowest BCUT2D eigenvalue weighted by Gasteiger charge is -2.22. The number of amides is 1. The molecule has 2 N–H and O–H groups in total. The minimum atomic E-state index is -0.695. The fourth-order valence-corrected chi connectivity index (χ4v) is 2.25. The van der Waals surface area contributed by atoms with Crippen LogP contribution in [0.5, 0.6) is 0 Å².